The van der Waals surface area contributed by atoms with Crippen LogP contribution in [0.15, 0.2) is 23.6 Å². The fourth-order valence-electron chi connectivity index (χ4n) is 1.92. The predicted octanol–water partition coefficient (Wildman–Crippen LogP) is 2.02. The van der Waals surface area contributed by atoms with Crippen molar-refractivity contribution in [3.63, 3.8) is 0 Å². The molecule has 2 N–H and O–H groups in total. The number of hydrogen-bond donors (Lipinski definition) is 2. The number of hydrogen-bond acceptors (Lipinski definition) is 3. The summed E-state index contributed by atoms with van der Waals surface area (Å²) in [4.78, 5) is 12.7. The van der Waals surface area contributed by atoms with Gasteiger partial charge in [-0.2, -0.15) is 0 Å². The summed E-state index contributed by atoms with van der Waals surface area (Å²) in [5.41, 5.74) is 0. The van der Waals surface area contributed by atoms with E-state index in [0.717, 1.165) is 24.4 Å². The minimum atomic E-state index is -0.00854. The molecule has 0 spiro atoms. The summed E-state index contributed by atoms with van der Waals surface area (Å²) in [6, 6.07) is 4.42. The highest BCUT2D eigenvalue weighted by Gasteiger charge is 2.12. The van der Waals surface area contributed by atoms with Crippen LogP contribution in [0, 0.1) is 0 Å². The molecule has 2 heterocycles. The van der Waals surface area contributed by atoms with Gasteiger partial charge in [0.25, 0.3) is 0 Å². The first-order chi connectivity index (χ1) is 8.34. The topological polar surface area (TPSA) is 41.1 Å². The molecule has 0 saturated carbocycles. The van der Waals surface area contributed by atoms with E-state index in [1.54, 1.807) is 17.4 Å². The molecule has 92 valence electrons. The van der Waals surface area contributed by atoms with E-state index in [9.17, 15) is 4.79 Å². The Morgan fingerprint density at radius 3 is 3.24 bits per heavy atom. The maximum absolute atomic E-state index is 11.6. The second-order valence-electron chi connectivity index (χ2n) is 4.24. The molecule has 1 aromatic rings. The second-order valence-corrected chi connectivity index (χ2v) is 5.22. The van der Waals surface area contributed by atoms with Gasteiger partial charge >= 0.3 is 0 Å². The van der Waals surface area contributed by atoms with Crippen LogP contribution in [-0.2, 0) is 4.79 Å². The fourth-order valence-corrected chi connectivity index (χ4v) is 2.54. The first-order valence-corrected chi connectivity index (χ1v) is 6.95. The van der Waals surface area contributed by atoms with Gasteiger partial charge in [-0.3, -0.25) is 4.79 Å². The minimum Gasteiger partial charge on any atom is -0.351 e. The standard InChI is InChI=1S/C13H18N2OS/c16-13(7-6-12-5-3-9-17-12)15-10-11-4-1-2-8-14-11/h3,5-7,9,11,14H,1-2,4,8,10H2,(H,15,16). The summed E-state index contributed by atoms with van der Waals surface area (Å²) in [7, 11) is 0. The average Bonchev–Trinajstić information content (AvgIpc) is 2.88. The number of carbonyl (C=O) groups is 1. The third-order valence-electron chi connectivity index (χ3n) is 2.88. The molecule has 0 radical (unpaired) electrons. The first-order valence-electron chi connectivity index (χ1n) is 6.07. The number of piperidine rings is 1. The monoisotopic (exact) mass is 250 g/mol. The molecule has 0 aromatic carbocycles. The van der Waals surface area contributed by atoms with Crippen LogP contribution in [0.1, 0.15) is 24.1 Å². The van der Waals surface area contributed by atoms with Gasteiger partial charge in [-0.05, 0) is 36.9 Å². The van der Waals surface area contributed by atoms with E-state index in [-0.39, 0.29) is 5.91 Å². The molecule has 17 heavy (non-hydrogen) atoms. The van der Waals surface area contributed by atoms with E-state index in [0.29, 0.717) is 6.04 Å². The number of nitrogens with one attached hydrogen (secondary N) is 2. The van der Waals surface area contributed by atoms with E-state index in [4.69, 9.17) is 0 Å². The van der Waals surface area contributed by atoms with Gasteiger partial charge in [0.2, 0.25) is 5.91 Å². The van der Waals surface area contributed by atoms with Gasteiger partial charge in [0, 0.05) is 23.5 Å². The van der Waals surface area contributed by atoms with Gasteiger partial charge in [0.15, 0.2) is 0 Å². The predicted molar refractivity (Wildman–Crippen MR) is 72.0 cm³/mol. The molecule has 1 atom stereocenters. The zero-order valence-corrected chi connectivity index (χ0v) is 10.6. The van der Waals surface area contributed by atoms with Gasteiger partial charge in [0.1, 0.15) is 0 Å². The second kappa shape index (κ2) is 6.57. The maximum atomic E-state index is 11.6. The van der Waals surface area contributed by atoms with Crippen LogP contribution in [-0.4, -0.2) is 25.0 Å². The van der Waals surface area contributed by atoms with Crippen molar-refractivity contribution in [3.8, 4) is 0 Å². The van der Waals surface area contributed by atoms with Gasteiger partial charge in [-0.25, -0.2) is 0 Å². The largest absolute Gasteiger partial charge is 0.351 e. The molecule has 1 unspecified atom stereocenters. The summed E-state index contributed by atoms with van der Waals surface area (Å²) in [6.45, 7) is 1.80. The van der Waals surface area contributed by atoms with Gasteiger partial charge < -0.3 is 10.6 Å². The molecule has 0 bridgehead atoms. The summed E-state index contributed by atoms with van der Waals surface area (Å²) >= 11 is 1.63. The summed E-state index contributed by atoms with van der Waals surface area (Å²) in [6.07, 6.45) is 7.14. The van der Waals surface area contributed by atoms with Crippen LogP contribution in [0.25, 0.3) is 6.08 Å². The van der Waals surface area contributed by atoms with Crippen LogP contribution in [0.4, 0.5) is 0 Å². The smallest absolute Gasteiger partial charge is 0.244 e. The van der Waals surface area contributed by atoms with Crippen molar-refractivity contribution in [2.75, 3.05) is 13.1 Å². The Morgan fingerprint density at radius 2 is 2.53 bits per heavy atom. The normalized spacial score (nSPS) is 20.6. The zero-order chi connectivity index (χ0) is 11.9. The van der Waals surface area contributed by atoms with E-state index in [2.05, 4.69) is 10.6 Å². The van der Waals surface area contributed by atoms with Gasteiger partial charge in [-0.15, -0.1) is 11.3 Å². The lowest BCUT2D eigenvalue weighted by atomic mass is 10.1. The third kappa shape index (κ3) is 4.32. The van der Waals surface area contributed by atoms with Crippen molar-refractivity contribution in [2.45, 2.75) is 25.3 Å². The van der Waals surface area contributed by atoms with Crippen molar-refractivity contribution < 1.29 is 4.79 Å². The molecule has 0 aliphatic carbocycles. The van der Waals surface area contributed by atoms with Crippen LogP contribution >= 0.6 is 11.3 Å². The molecule has 1 aromatic heterocycles. The van der Waals surface area contributed by atoms with Crippen molar-refractivity contribution in [1.29, 1.82) is 0 Å². The molecule has 1 amide bonds. The molecule has 4 heteroatoms. The Bertz CT molecular complexity index is 367. The molecule has 1 aliphatic heterocycles. The van der Waals surface area contributed by atoms with E-state index in [1.807, 2.05) is 23.6 Å². The molecule has 1 saturated heterocycles. The summed E-state index contributed by atoms with van der Waals surface area (Å²) in [5, 5.41) is 8.34. The highest BCUT2D eigenvalue weighted by atomic mass is 32.1. The Balaban J connectivity index is 1.70. The fraction of sp³-hybridized carbons (Fsp3) is 0.462. The van der Waals surface area contributed by atoms with Crippen molar-refractivity contribution in [1.82, 2.24) is 10.6 Å². The lowest BCUT2D eigenvalue weighted by molar-refractivity contribution is -0.116. The van der Waals surface area contributed by atoms with E-state index < -0.39 is 0 Å². The van der Waals surface area contributed by atoms with Gasteiger partial charge in [-0.1, -0.05) is 12.5 Å². The SMILES string of the molecule is O=C(C=Cc1cccs1)NCC1CCCCN1. The minimum absolute atomic E-state index is 0.00854. The number of rotatable bonds is 4. The number of carbonyl (C=O) groups excluding carboxylic acids is 1. The Labute approximate surface area is 106 Å². The summed E-state index contributed by atoms with van der Waals surface area (Å²) in [5.74, 6) is -0.00854. The van der Waals surface area contributed by atoms with Crippen LogP contribution in [0.5, 0.6) is 0 Å². The number of thiophene rings is 1. The highest BCUT2D eigenvalue weighted by molar-refractivity contribution is 7.10. The first kappa shape index (κ1) is 12.3. The quantitative estimate of drug-likeness (QED) is 0.803. The molecular weight excluding hydrogens is 232 g/mol. The highest BCUT2D eigenvalue weighted by Crippen LogP contribution is 2.10. The summed E-state index contributed by atoms with van der Waals surface area (Å²) < 4.78 is 0. The lowest BCUT2D eigenvalue weighted by Gasteiger charge is -2.23. The van der Waals surface area contributed by atoms with E-state index >= 15 is 0 Å². The molecular formula is C13H18N2OS. The zero-order valence-electron chi connectivity index (χ0n) is 9.82. The Hall–Kier alpha value is -1.13. The van der Waals surface area contributed by atoms with Crippen LogP contribution in [0.3, 0.4) is 0 Å². The molecule has 1 aliphatic rings. The maximum Gasteiger partial charge on any atom is 0.244 e. The third-order valence-corrected chi connectivity index (χ3v) is 3.71. The molecule has 2 rings (SSSR count). The van der Waals surface area contributed by atoms with Crippen molar-refractivity contribution in [2.24, 2.45) is 0 Å². The molecule has 1 fully saturated rings. The van der Waals surface area contributed by atoms with Crippen molar-refractivity contribution >= 4 is 23.3 Å². The van der Waals surface area contributed by atoms with Crippen LogP contribution in [0.2, 0.25) is 0 Å². The Morgan fingerprint density at radius 1 is 1.59 bits per heavy atom. The van der Waals surface area contributed by atoms with Crippen molar-refractivity contribution in [3.05, 3.63) is 28.5 Å². The van der Waals surface area contributed by atoms with Gasteiger partial charge in [0.05, 0.1) is 0 Å². The molecule has 3 nitrogen and oxygen atoms in total. The lowest BCUT2D eigenvalue weighted by Crippen LogP contribution is -2.43. The Kier molecular flexibility index (Phi) is 4.76. The van der Waals surface area contributed by atoms with E-state index in [1.165, 1.54) is 12.8 Å². The average molecular weight is 250 g/mol. The number of amides is 1. The van der Waals surface area contributed by atoms with Crippen LogP contribution < -0.4 is 10.6 Å².